The molecule has 0 spiro atoms. The second-order valence-corrected chi connectivity index (χ2v) is 12.8. The lowest BCUT2D eigenvalue weighted by Gasteiger charge is -2.17. The molecule has 0 aliphatic carbocycles. The number of sulfone groups is 1. The first-order chi connectivity index (χ1) is 13.1. The Hall–Kier alpha value is -1.25. The van der Waals surface area contributed by atoms with Gasteiger partial charge >= 0.3 is 0 Å². The Kier molecular flexibility index (Phi) is 7.43. The summed E-state index contributed by atoms with van der Waals surface area (Å²) in [4.78, 5) is 2.19. The van der Waals surface area contributed by atoms with Crippen molar-refractivity contribution in [3.05, 3.63) is 91.0 Å². The summed E-state index contributed by atoms with van der Waals surface area (Å²) in [5, 5.41) is 0. The lowest BCUT2D eigenvalue weighted by molar-refractivity contribution is 0.599. The van der Waals surface area contributed by atoms with Crippen molar-refractivity contribution >= 4 is 60.9 Å². The lowest BCUT2D eigenvalue weighted by Crippen LogP contribution is -2.16. The van der Waals surface area contributed by atoms with Crippen molar-refractivity contribution < 1.29 is 8.42 Å². The summed E-state index contributed by atoms with van der Waals surface area (Å²) in [5.74, 6) is 0. The molecule has 0 aromatic heterocycles. The Morgan fingerprint density at radius 2 is 1.22 bits per heavy atom. The van der Waals surface area contributed by atoms with Gasteiger partial charge < -0.3 is 0 Å². The lowest BCUT2D eigenvalue weighted by atomic mass is 10.4. The summed E-state index contributed by atoms with van der Waals surface area (Å²) in [6, 6.07) is 27.8. The van der Waals surface area contributed by atoms with Crippen LogP contribution in [0.15, 0.2) is 106 Å². The largest absolute Gasteiger partial charge is 0.222 e. The Morgan fingerprint density at radius 1 is 0.741 bits per heavy atom. The van der Waals surface area contributed by atoms with Gasteiger partial charge in [0, 0.05) is 9.79 Å². The number of hydrogen-bond donors (Lipinski definition) is 0. The molecule has 0 heterocycles. The Labute approximate surface area is 178 Å². The highest BCUT2D eigenvalue weighted by Gasteiger charge is 2.30. The van der Waals surface area contributed by atoms with Crippen LogP contribution < -0.4 is 0 Å². The van der Waals surface area contributed by atoms with Crippen LogP contribution in [0.2, 0.25) is 0 Å². The van der Waals surface area contributed by atoms with E-state index in [1.165, 1.54) is 35.3 Å². The van der Waals surface area contributed by atoms with Gasteiger partial charge in [0.05, 0.1) is 4.90 Å². The van der Waals surface area contributed by atoms with Crippen molar-refractivity contribution in [1.82, 2.24) is 0 Å². The molecule has 0 unspecified atom stereocenters. The van der Waals surface area contributed by atoms with Crippen molar-refractivity contribution in [3.8, 4) is 0 Å². The van der Waals surface area contributed by atoms with Crippen molar-refractivity contribution in [2.24, 2.45) is 0 Å². The van der Waals surface area contributed by atoms with E-state index in [1.807, 2.05) is 60.7 Å². The number of thioether (sulfide) groups is 3. The third-order valence-electron chi connectivity index (χ3n) is 3.44. The fraction of sp³-hybridized carbons (Fsp3) is 0.0500. The minimum absolute atomic E-state index is 0.304. The van der Waals surface area contributed by atoms with Gasteiger partial charge in [-0.25, -0.2) is 8.42 Å². The molecule has 0 radical (unpaired) electrons. The fourth-order valence-corrected chi connectivity index (χ4v) is 9.30. The summed E-state index contributed by atoms with van der Waals surface area (Å²) in [5.41, 5.74) is 0. The number of rotatable bonds is 6. The first kappa shape index (κ1) is 20.5. The predicted molar refractivity (Wildman–Crippen MR) is 122 cm³/mol. The van der Waals surface area contributed by atoms with Crippen LogP contribution in [0.4, 0.5) is 0 Å². The van der Waals surface area contributed by atoms with Crippen LogP contribution in [0, 0.1) is 0 Å². The van der Waals surface area contributed by atoms with Crippen LogP contribution in [0.5, 0.6) is 0 Å². The SMILES string of the molecule is O=S(=O)(c1ccccc1)[C@@H](SC(=S)Sc1ccccc1)Sc1ccccc1. The van der Waals surface area contributed by atoms with Gasteiger partial charge in [0.1, 0.15) is 3.53 Å². The van der Waals surface area contributed by atoms with E-state index >= 15 is 0 Å². The third kappa shape index (κ3) is 5.86. The minimum atomic E-state index is -3.56. The van der Waals surface area contributed by atoms with Gasteiger partial charge in [0.15, 0.2) is 3.91 Å². The highest BCUT2D eigenvalue weighted by atomic mass is 32.3. The van der Waals surface area contributed by atoms with E-state index in [1.54, 1.807) is 30.3 Å². The van der Waals surface area contributed by atoms with Crippen LogP contribution in [0.1, 0.15) is 0 Å². The molecule has 0 bridgehead atoms. The van der Waals surface area contributed by atoms with Gasteiger partial charge in [-0.3, -0.25) is 0 Å². The zero-order valence-corrected chi connectivity index (χ0v) is 18.2. The molecule has 0 fully saturated rings. The summed E-state index contributed by atoms with van der Waals surface area (Å²) < 4.78 is 26.2. The highest BCUT2D eigenvalue weighted by molar-refractivity contribution is 8.52. The summed E-state index contributed by atoms with van der Waals surface area (Å²) >= 11 is 9.42. The van der Waals surface area contributed by atoms with E-state index in [0.29, 0.717) is 8.42 Å². The Bertz CT molecular complexity index is 975. The molecular formula is C20H16O2S5. The molecule has 0 aliphatic heterocycles. The minimum Gasteiger partial charge on any atom is -0.222 e. The standard InChI is InChI=1S/C20H16O2S5/c21-27(22,18-14-8-3-9-15-18)20(25-17-12-6-2-7-13-17)26-19(23)24-16-10-4-1-5-11-16/h1-15,20H/t20-/m1/s1. The molecule has 3 rings (SSSR count). The third-order valence-corrected chi connectivity index (χ3v) is 10.4. The van der Waals surface area contributed by atoms with E-state index in [2.05, 4.69) is 0 Å². The summed E-state index contributed by atoms with van der Waals surface area (Å²) in [6.07, 6.45) is 0. The maximum Gasteiger partial charge on any atom is 0.200 e. The molecule has 3 aromatic carbocycles. The van der Waals surface area contributed by atoms with Gasteiger partial charge in [0.2, 0.25) is 9.84 Å². The maximum atomic E-state index is 13.2. The molecule has 7 heteroatoms. The Morgan fingerprint density at radius 3 is 1.78 bits per heavy atom. The molecule has 3 aromatic rings. The summed E-state index contributed by atoms with van der Waals surface area (Å²) in [6.45, 7) is 0. The zero-order chi connectivity index (χ0) is 19.1. The predicted octanol–water partition coefficient (Wildman–Crippen LogP) is 6.35. The van der Waals surface area contributed by atoms with Crippen LogP contribution in [0.3, 0.4) is 0 Å². The molecular weight excluding hydrogens is 433 g/mol. The topological polar surface area (TPSA) is 34.1 Å². The van der Waals surface area contributed by atoms with E-state index in [9.17, 15) is 8.42 Å². The van der Waals surface area contributed by atoms with E-state index in [-0.39, 0.29) is 0 Å². The monoisotopic (exact) mass is 448 g/mol. The van der Waals surface area contributed by atoms with Crippen molar-refractivity contribution in [2.75, 3.05) is 0 Å². The molecule has 0 saturated carbocycles. The molecule has 27 heavy (non-hydrogen) atoms. The van der Waals surface area contributed by atoms with Crippen LogP contribution >= 0.6 is 47.5 Å². The smallest absolute Gasteiger partial charge is 0.200 e. The van der Waals surface area contributed by atoms with Gasteiger partial charge in [-0.15, -0.1) is 0 Å². The first-order valence-corrected chi connectivity index (χ1v) is 12.5. The van der Waals surface area contributed by atoms with E-state index in [4.69, 9.17) is 12.2 Å². The average Bonchev–Trinajstić information content (AvgIpc) is 2.70. The van der Waals surface area contributed by atoms with Gasteiger partial charge in [-0.05, 0) is 36.4 Å². The van der Waals surface area contributed by atoms with Crippen molar-refractivity contribution in [2.45, 2.75) is 18.6 Å². The molecule has 0 saturated heterocycles. The maximum absolute atomic E-state index is 13.2. The number of thiocarbonyl (C=S) groups is 1. The van der Waals surface area contributed by atoms with Crippen LogP contribution in [-0.2, 0) is 9.84 Å². The first-order valence-electron chi connectivity index (χ1n) is 8.00. The molecule has 0 amide bonds. The van der Waals surface area contributed by atoms with Gasteiger partial charge in [0.25, 0.3) is 0 Å². The van der Waals surface area contributed by atoms with E-state index in [0.717, 1.165) is 9.79 Å². The molecule has 138 valence electrons. The van der Waals surface area contributed by atoms with Crippen molar-refractivity contribution in [3.63, 3.8) is 0 Å². The Balaban J connectivity index is 1.84. The summed E-state index contributed by atoms with van der Waals surface area (Å²) in [7, 11) is -3.56. The van der Waals surface area contributed by atoms with Crippen LogP contribution in [-0.4, -0.2) is 15.9 Å². The molecule has 0 N–H and O–H groups in total. The second kappa shape index (κ2) is 9.80. The van der Waals surface area contributed by atoms with Gasteiger partial charge in [-0.1, -0.05) is 102 Å². The van der Waals surface area contributed by atoms with E-state index < -0.39 is 13.8 Å². The molecule has 2 nitrogen and oxygen atoms in total. The molecule has 1 atom stereocenters. The highest BCUT2D eigenvalue weighted by Crippen LogP contribution is 2.41. The molecule has 0 aliphatic rings. The van der Waals surface area contributed by atoms with Crippen LogP contribution in [0.25, 0.3) is 0 Å². The second-order valence-electron chi connectivity index (χ2n) is 5.36. The number of benzene rings is 3. The normalized spacial score (nSPS) is 12.4. The zero-order valence-electron chi connectivity index (χ0n) is 14.1. The quantitative estimate of drug-likeness (QED) is 0.248. The van der Waals surface area contributed by atoms with Gasteiger partial charge in [-0.2, -0.15) is 0 Å². The van der Waals surface area contributed by atoms with Crippen molar-refractivity contribution in [1.29, 1.82) is 0 Å². The number of hydrogen-bond acceptors (Lipinski definition) is 6. The fourth-order valence-electron chi connectivity index (χ4n) is 2.17. The average molecular weight is 449 g/mol.